The first-order valence-corrected chi connectivity index (χ1v) is 18.4. The standard InChI is InChI=1S/C47H32N6O/c1-4-14-31-30(13-1)27-54-47(31)45-34-26-40(53-24-20-28-11-3-8-18-38(28)53)43(37-25-29-12-2-6-16-35(29)48-37)41(33-21-23-52-22-10-9-19-39(33)52)42(34)46(49-45)44-32-15-5-7-17-36(32)50-51-44/h1-19,21-23,25-27,48-49H,20,24H2,(H,50,51). The van der Waals surface area contributed by atoms with Crippen LogP contribution in [0.1, 0.15) is 5.56 Å². The number of pyridine rings is 1. The molecule has 1 aliphatic rings. The highest BCUT2D eigenvalue weighted by molar-refractivity contribution is 6.22. The van der Waals surface area contributed by atoms with Crippen LogP contribution in [0.15, 0.2) is 157 Å². The lowest BCUT2D eigenvalue weighted by Crippen LogP contribution is -2.15. The summed E-state index contributed by atoms with van der Waals surface area (Å²) < 4.78 is 8.73. The van der Waals surface area contributed by atoms with Gasteiger partial charge in [-0.15, -0.1) is 0 Å². The van der Waals surface area contributed by atoms with Gasteiger partial charge in [0.25, 0.3) is 0 Å². The van der Waals surface area contributed by atoms with Crippen LogP contribution in [-0.2, 0) is 6.42 Å². The van der Waals surface area contributed by atoms with Gasteiger partial charge in [0, 0.05) is 84.8 Å². The van der Waals surface area contributed by atoms with E-state index < -0.39 is 0 Å². The lowest BCUT2D eigenvalue weighted by molar-refractivity contribution is 0.586. The number of furan rings is 1. The van der Waals surface area contributed by atoms with Crippen LogP contribution in [0.2, 0.25) is 0 Å². The van der Waals surface area contributed by atoms with E-state index in [-0.39, 0.29) is 0 Å². The first-order valence-electron chi connectivity index (χ1n) is 18.4. The maximum atomic E-state index is 6.52. The quantitative estimate of drug-likeness (QED) is 0.168. The molecule has 12 rings (SSSR count). The SMILES string of the molecule is c1ccc2c(c1)CCN2c1cc2c(-c3occ4ccccc34)[nH]c(-c3n[nH]c4ccccc34)c2c(-c2ccn3ccccc23)c1-c1cc2ccccc2[nH]1. The molecule has 7 heterocycles. The van der Waals surface area contributed by atoms with Gasteiger partial charge in [-0.2, -0.15) is 5.10 Å². The highest BCUT2D eigenvalue weighted by atomic mass is 16.3. The van der Waals surface area contributed by atoms with Gasteiger partial charge in [0.1, 0.15) is 5.69 Å². The summed E-state index contributed by atoms with van der Waals surface area (Å²) in [5.41, 5.74) is 14.1. The summed E-state index contributed by atoms with van der Waals surface area (Å²) in [6, 6.07) is 47.5. The summed E-state index contributed by atoms with van der Waals surface area (Å²) in [4.78, 5) is 10.3. The first kappa shape index (κ1) is 29.3. The second kappa shape index (κ2) is 11.1. The van der Waals surface area contributed by atoms with Gasteiger partial charge >= 0.3 is 0 Å². The van der Waals surface area contributed by atoms with Gasteiger partial charge in [0.2, 0.25) is 0 Å². The van der Waals surface area contributed by atoms with Crippen molar-refractivity contribution in [2.75, 3.05) is 11.4 Å². The number of hydrogen-bond donors (Lipinski definition) is 3. The number of nitrogens with zero attached hydrogens (tertiary/aromatic N) is 3. The smallest absolute Gasteiger partial charge is 0.158 e. The third kappa shape index (κ3) is 4.15. The Morgan fingerprint density at radius 2 is 1.41 bits per heavy atom. The number of aromatic amines is 3. The molecule has 0 saturated heterocycles. The summed E-state index contributed by atoms with van der Waals surface area (Å²) in [5.74, 6) is 0.806. The molecule has 0 aliphatic carbocycles. The van der Waals surface area contributed by atoms with Crippen LogP contribution in [-0.4, -0.2) is 31.1 Å². The van der Waals surface area contributed by atoms with Crippen LogP contribution in [0, 0.1) is 0 Å². The third-order valence-electron chi connectivity index (χ3n) is 11.3. The second-order valence-corrected chi connectivity index (χ2v) is 14.2. The molecule has 6 aromatic heterocycles. The van der Waals surface area contributed by atoms with Crippen LogP contribution < -0.4 is 4.90 Å². The van der Waals surface area contributed by atoms with Crippen molar-refractivity contribution in [2.45, 2.75) is 6.42 Å². The largest absolute Gasteiger partial charge is 0.461 e. The van der Waals surface area contributed by atoms with Crippen molar-refractivity contribution in [2.24, 2.45) is 0 Å². The Morgan fingerprint density at radius 1 is 0.611 bits per heavy atom. The predicted molar refractivity (Wildman–Crippen MR) is 219 cm³/mol. The lowest BCUT2D eigenvalue weighted by Gasteiger charge is -2.26. The molecule has 3 N–H and O–H groups in total. The van der Waals surface area contributed by atoms with E-state index in [1.165, 1.54) is 16.6 Å². The summed E-state index contributed by atoms with van der Waals surface area (Å²) in [7, 11) is 0. The molecule has 1 aliphatic heterocycles. The van der Waals surface area contributed by atoms with E-state index >= 15 is 0 Å². The van der Waals surface area contributed by atoms with Crippen molar-refractivity contribution in [1.29, 1.82) is 0 Å². The van der Waals surface area contributed by atoms with Crippen molar-refractivity contribution in [3.05, 3.63) is 158 Å². The molecule has 5 aromatic carbocycles. The Balaban J connectivity index is 1.31. The van der Waals surface area contributed by atoms with Crippen molar-refractivity contribution in [1.82, 2.24) is 24.6 Å². The van der Waals surface area contributed by atoms with E-state index in [1.54, 1.807) is 0 Å². The molecule has 0 amide bonds. The monoisotopic (exact) mass is 696 g/mol. The Labute approximate surface area is 309 Å². The van der Waals surface area contributed by atoms with Gasteiger partial charge in [0.05, 0.1) is 34.4 Å². The molecular formula is C47H32N6O. The zero-order valence-electron chi connectivity index (χ0n) is 29.1. The number of anilines is 2. The van der Waals surface area contributed by atoms with Crippen molar-refractivity contribution in [3.63, 3.8) is 0 Å². The van der Waals surface area contributed by atoms with Gasteiger partial charge in [-0.05, 0) is 60.5 Å². The molecule has 0 spiro atoms. The highest BCUT2D eigenvalue weighted by Crippen LogP contribution is 2.54. The molecular weight excluding hydrogens is 665 g/mol. The molecule has 54 heavy (non-hydrogen) atoms. The fourth-order valence-electron chi connectivity index (χ4n) is 8.89. The molecule has 11 aromatic rings. The fourth-order valence-corrected chi connectivity index (χ4v) is 8.89. The normalized spacial score (nSPS) is 13.0. The average molecular weight is 697 g/mol. The summed E-state index contributed by atoms with van der Waals surface area (Å²) in [5, 5.41) is 14.8. The van der Waals surface area contributed by atoms with Crippen LogP contribution in [0.25, 0.3) is 94.1 Å². The van der Waals surface area contributed by atoms with Crippen molar-refractivity contribution < 1.29 is 4.42 Å². The second-order valence-electron chi connectivity index (χ2n) is 14.2. The topological polar surface area (TPSA) is 81.1 Å². The number of aromatic nitrogens is 5. The van der Waals surface area contributed by atoms with Crippen LogP contribution >= 0.6 is 0 Å². The number of rotatable bonds is 5. The number of fused-ring (bicyclic) bond motifs is 6. The number of benzene rings is 5. The highest BCUT2D eigenvalue weighted by Gasteiger charge is 2.32. The van der Waals surface area contributed by atoms with E-state index in [0.717, 1.165) is 107 Å². The first-order chi connectivity index (χ1) is 26.8. The van der Waals surface area contributed by atoms with Crippen LogP contribution in [0.4, 0.5) is 11.4 Å². The summed E-state index contributed by atoms with van der Waals surface area (Å²) >= 11 is 0. The van der Waals surface area contributed by atoms with Gasteiger partial charge < -0.3 is 23.7 Å². The van der Waals surface area contributed by atoms with E-state index in [0.29, 0.717) is 0 Å². The van der Waals surface area contributed by atoms with Crippen LogP contribution in [0.5, 0.6) is 0 Å². The Kier molecular flexibility index (Phi) is 6.04. The van der Waals surface area contributed by atoms with E-state index in [9.17, 15) is 0 Å². The Morgan fingerprint density at radius 3 is 2.33 bits per heavy atom. The molecule has 0 unspecified atom stereocenters. The van der Waals surface area contributed by atoms with E-state index in [4.69, 9.17) is 9.52 Å². The molecule has 0 atom stereocenters. The van der Waals surface area contributed by atoms with E-state index in [2.05, 4.69) is 164 Å². The van der Waals surface area contributed by atoms with Gasteiger partial charge in [-0.1, -0.05) is 84.9 Å². The average Bonchev–Trinajstić information content (AvgIpc) is 4.08. The Bertz CT molecular complexity index is 3230. The Hall–Kier alpha value is -7.25. The molecule has 7 heteroatoms. The molecule has 0 saturated carbocycles. The molecule has 256 valence electrons. The minimum absolute atomic E-state index is 0.806. The minimum atomic E-state index is 0.806. The summed E-state index contributed by atoms with van der Waals surface area (Å²) in [6.45, 7) is 0.869. The summed E-state index contributed by atoms with van der Waals surface area (Å²) in [6.07, 6.45) is 7.12. The maximum absolute atomic E-state index is 6.52. The van der Waals surface area contributed by atoms with Crippen LogP contribution in [0.3, 0.4) is 0 Å². The number of para-hydroxylation sites is 3. The van der Waals surface area contributed by atoms with Crippen molar-refractivity contribution in [3.8, 4) is 45.2 Å². The van der Waals surface area contributed by atoms with Gasteiger partial charge in [0.15, 0.2) is 5.76 Å². The molecule has 0 radical (unpaired) electrons. The lowest BCUT2D eigenvalue weighted by atomic mass is 9.89. The van der Waals surface area contributed by atoms with Gasteiger partial charge in [-0.3, -0.25) is 5.10 Å². The van der Waals surface area contributed by atoms with Crippen molar-refractivity contribution >= 4 is 60.2 Å². The molecule has 0 bridgehead atoms. The predicted octanol–water partition coefficient (Wildman–Crippen LogP) is 11.9. The maximum Gasteiger partial charge on any atom is 0.158 e. The minimum Gasteiger partial charge on any atom is -0.461 e. The van der Waals surface area contributed by atoms with E-state index in [1.807, 2.05) is 12.3 Å². The zero-order chi connectivity index (χ0) is 35.3. The van der Waals surface area contributed by atoms with Gasteiger partial charge in [-0.25, -0.2) is 0 Å². The fraction of sp³-hybridized carbons (Fsp3) is 0.0426. The number of H-pyrrole nitrogens is 3. The number of nitrogens with one attached hydrogen (secondary N) is 3. The third-order valence-corrected chi connectivity index (χ3v) is 11.3. The molecule has 0 fully saturated rings. The number of hydrogen-bond acceptors (Lipinski definition) is 3. The zero-order valence-corrected chi connectivity index (χ0v) is 29.1. The molecule has 7 nitrogen and oxygen atoms in total.